The smallest absolute Gasteiger partial charge is 0.133 e. The standard InChI is InChI=1S/C17H32O2/c1-15(2)9-5-7-11-17(13-18,14-19)12-8-6-10-16(3)4/h13-16H,5-12H2,1-4H3. The molecule has 0 amide bonds. The average Bonchev–Trinajstić information content (AvgIpc) is 2.37. The molecule has 0 aromatic heterocycles. The first-order chi connectivity index (χ1) is 8.95. The van der Waals surface area contributed by atoms with Crippen LogP contribution in [0.3, 0.4) is 0 Å². The zero-order chi connectivity index (χ0) is 14.7. The molecule has 0 aliphatic heterocycles. The first-order valence-corrected chi connectivity index (χ1v) is 7.88. The molecule has 0 fully saturated rings. The third kappa shape index (κ3) is 8.96. The van der Waals surface area contributed by atoms with Crippen molar-refractivity contribution in [2.45, 2.75) is 79.1 Å². The third-order valence-corrected chi connectivity index (χ3v) is 3.82. The molecule has 2 nitrogen and oxygen atoms in total. The Hall–Kier alpha value is -0.660. The van der Waals surface area contributed by atoms with Crippen LogP contribution < -0.4 is 0 Å². The van der Waals surface area contributed by atoms with Crippen molar-refractivity contribution in [1.82, 2.24) is 0 Å². The van der Waals surface area contributed by atoms with Gasteiger partial charge >= 0.3 is 0 Å². The first-order valence-electron chi connectivity index (χ1n) is 7.88. The summed E-state index contributed by atoms with van der Waals surface area (Å²) in [6.45, 7) is 8.83. The van der Waals surface area contributed by atoms with Crippen molar-refractivity contribution in [3.05, 3.63) is 0 Å². The molecule has 0 aliphatic rings. The van der Waals surface area contributed by atoms with E-state index < -0.39 is 5.41 Å². The largest absolute Gasteiger partial charge is 0.302 e. The van der Waals surface area contributed by atoms with Crippen LogP contribution in [0.5, 0.6) is 0 Å². The molecule has 0 saturated carbocycles. The molecule has 19 heavy (non-hydrogen) atoms. The van der Waals surface area contributed by atoms with E-state index >= 15 is 0 Å². The maximum atomic E-state index is 11.3. The quantitative estimate of drug-likeness (QED) is 0.289. The molecule has 0 saturated heterocycles. The Morgan fingerprint density at radius 1 is 0.737 bits per heavy atom. The Balaban J connectivity index is 4.04. The second-order valence-corrected chi connectivity index (χ2v) is 6.75. The third-order valence-electron chi connectivity index (χ3n) is 3.82. The van der Waals surface area contributed by atoms with Crippen molar-refractivity contribution in [3.63, 3.8) is 0 Å². The highest BCUT2D eigenvalue weighted by molar-refractivity contribution is 5.83. The van der Waals surface area contributed by atoms with Gasteiger partial charge in [0.2, 0.25) is 0 Å². The number of rotatable bonds is 12. The van der Waals surface area contributed by atoms with Gasteiger partial charge in [0.25, 0.3) is 0 Å². The molecule has 0 bridgehead atoms. The number of hydrogen-bond acceptors (Lipinski definition) is 2. The summed E-state index contributed by atoms with van der Waals surface area (Å²) in [6.07, 6.45) is 9.82. The highest BCUT2D eigenvalue weighted by Gasteiger charge is 2.28. The van der Waals surface area contributed by atoms with Crippen molar-refractivity contribution < 1.29 is 9.59 Å². The van der Waals surface area contributed by atoms with E-state index in [-0.39, 0.29) is 0 Å². The molecule has 0 spiro atoms. The minimum Gasteiger partial charge on any atom is -0.302 e. The summed E-state index contributed by atoms with van der Waals surface area (Å²) in [5, 5.41) is 0. The first kappa shape index (κ1) is 18.3. The molecular weight excluding hydrogens is 236 g/mol. The Bertz CT molecular complexity index is 218. The lowest BCUT2D eigenvalue weighted by molar-refractivity contribution is -0.127. The molecule has 0 unspecified atom stereocenters. The van der Waals surface area contributed by atoms with Crippen molar-refractivity contribution in [2.75, 3.05) is 0 Å². The molecule has 0 N–H and O–H groups in total. The van der Waals surface area contributed by atoms with Gasteiger partial charge in [-0.1, -0.05) is 66.2 Å². The Morgan fingerprint density at radius 2 is 1.11 bits per heavy atom. The zero-order valence-corrected chi connectivity index (χ0v) is 13.3. The van der Waals surface area contributed by atoms with Gasteiger partial charge in [-0.05, 0) is 24.7 Å². The van der Waals surface area contributed by atoms with Gasteiger partial charge in [-0.25, -0.2) is 0 Å². The van der Waals surface area contributed by atoms with Gasteiger partial charge < -0.3 is 9.59 Å². The highest BCUT2D eigenvalue weighted by Crippen LogP contribution is 2.28. The Morgan fingerprint density at radius 3 is 1.37 bits per heavy atom. The van der Waals surface area contributed by atoms with Crippen molar-refractivity contribution >= 4 is 12.6 Å². The van der Waals surface area contributed by atoms with Crippen LogP contribution in [0.2, 0.25) is 0 Å². The van der Waals surface area contributed by atoms with Crippen LogP contribution in [0.4, 0.5) is 0 Å². The molecule has 2 heteroatoms. The summed E-state index contributed by atoms with van der Waals surface area (Å²) >= 11 is 0. The van der Waals surface area contributed by atoms with E-state index in [0.29, 0.717) is 11.8 Å². The number of hydrogen-bond donors (Lipinski definition) is 0. The molecular formula is C17H32O2. The van der Waals surface area contributed by atoms with Gasteiger partial charge in [-0.2, -0.15) is 0 Å². The maximum Gasteiger partial charge on any atom is 0.133 e. The van der Waals surface area contributed by atoms with E-state index in [1.165, 1.54) is 12.8 Å². The van der Waals surface area contributed by atoms with Crippen molar-refractivity contribution in [1.29, 1.82) is 0 Å². The van der Waals surface area contributed by atoms with Crippen LogP contribution in [0.25, 0.3) is 0 Å². The Labute approximate surface area is 119 Å². The normalized spacial score (nSPS) is 12.1. The van der Waals surface area contributed by atoms with Gasteiger partial charge in [-0.3, -0.25) is 0 Å². The van der Waals surface area contributed by atoms with E-state index in [1.54, 1.807) is 0 Å². The summed E-state index contributed by atoms with van der Waals surface area (Å²) in [7, 11) is 0. The van der Waals surface area contributed by atoms with Crippen LogP contribution in [-0.4, -0.2) is 12.6 Å². The minimum absolute atomic E-state index is 0.700. The number of carbonyl (C=O) groups excluding carboxylic acids is 2. The van der Waals surface area contributed by atoms with Crippen LogP contribution in [0.1, 0.15) is 79.1 Å². The molecule has 0 radical (unpaired) electrons. The van der Waals surface area contributed by atoms with Gasteiger partial charge in [0.05, 0.1) is 5.41 Å². The molecule has 0 heterocycles. The topological polar surface area (TPSA) is 34.1 Å². The molecule has 0 aromatic carbocycles. The van der Waals surface area contributed by atoms with E-state index in [4.69, 9.17) is 0 Å². The fourth-order valence-corrected chi connectivity index (χ4v) is 2.40. The summed E-state index contributed by atoms with van der Waals surface area (Å²) in [5.41, 5.74) is -0.700. The van der Waals surface area contributed by atoms with Gasteiger partial charge in [-0.15, -0.1) is 0 Å². The van der Waals surface area contributed by atoms with E-state index in [9.17, 15) is 9.59 Å². The maximum absolute atomic E-state index is 11.3. The molecule has 0 atom stereocenters. The van der Waals surface area contributed by atoms with Crippen molar-refractivity contribution in [3.8, 4) is 0 Å². The van der Waals surface area contributed by atoms with E-state index in [2.05, 4.69) is 27.7 Å². The number of unbranched alkanes of at least 4 members (excludes halogenated alkanes) is 2. The average molecular weight is 268 g/mol. The molecule has 0 aliphatic carbocycles. The lowest BCUT2D eigenvalue weighted by Crippen LogP contribution is -2.24. The highest BCUT2D eigenvalue weighted by atomic mass is 16.1. The Kier molecular flexibility index (Phi) is 9.81. The predicted molar refractivity (Wildman–Crippen MR) is 81.2 cm³/mol. The van der Waals surface area contributed by atoms with Gasteiger partial charge in [0, 0.05) is 0 Å². The fourth-order valence-electron chi connectivity index (χ4n) is 2.40. The SMILES string of the molecule is CC(C)CCCCC(C=O)(C=O)CCCCC(C)C. The van der Waals surface area contributed by atoms with Gasteiger partial charge in [0.1, 0.15) is 12.6 Å². The second kappa shape index (κ2) is 10.2. The lowest BCUT2D eigenvalue weighted by Gasteiger charge is -2.21. The molecule has 0 rings (SSSR count). The van der Waals surface area contributed by atoms with Crippen LogP contribution >= 0.6 is 0 Å². The predicted octanol–water partition coefficient (Wildman–Crippen LogP) is 4.80. The lowest BCUT2D eigenvalue weighted by atomic mass is 9.80. The molecule has 0 aromatic rings. The number of carbonyl (C=O) groups is 2. The minimum atomic E-state index is -0.700. The summed E-state index contributed by atoms with van der Waals surface area (Å²) in [6, 6.07) is 0. The summed E-state index contributed by atoms with van der Waals surface area (Å²) in [4.78, 5) is 22.6. The second-order valence-electron chi connectivity index (χ2n) is 6.75. The fraction of sp³-hybridized carbons (Fsp3) is 0.882. The molecule has 112 valence electrons. The van der Waals surface area contributed by atoms with Crippen LogP contribution in [0.15, 0.2) is 0 Å². The summed E-state index contributed by atoms with van der Waals surface area (Å²) < 4.78 is 0. The van der Waals surface area contributed by atoms with Crippen LogP contribution in [-0.2, 0) is 9.59 Å². The van der Waals surface area contributed by atoms with Crippen molar-refractivity contribution in [2.24, 2.45) is 17.3 Å². The van der Waals surface area contributed by atoms with Crippen LogP contribution in [0, 0.1) is 17.3 Å². The van der Waals surface area contributed by atoms with E-state index in [1.807, 2.05) is 0 Å². The van der Waals surface area contributed by atoms with E-state index in [0.717, 1.165) is 51.1 Å². The zero-order valence-electron chi connectivity index (χ0n) is 13.3. The van der Waals surface area contributed by atoms with Gasteiger partial charge in [0.15, 0.2) is 0 Å². The monoisotopic (exact) mass is 268 g/mol. The summed E-state index contributed by atoms with van der Waals surface area (Å²) in [5.74, 6) is 1.40. The number of aldehydes is 2.